The van der Waals surface area contributed by atoms with Crippen molar-refractivity contribution < 1.29 is 8.42 Å². The lowest BCUT2D eigenvalue weighted by atomic mass is 9.42. The van der Waals surface area contributed by atoms with Gasteiger partial charge in [-0.15, -0.1) is 0 Å². The SMILES string of the molecule is CS(=O)(=O)C1CCC(C2CCC3C(C2)C(C2CCCC4CCCCC42)C2CCCCC2C3C2CCC(C3CCCCC3)CC2)CC1. The molecule has 0 saturated heterocycles. The summed E-state index contributed by atoms with van der Waals surface area (Å²) in [4.78, 5) is 0. The van der Waals surface area contributed by atoms with Crippen molar-refractivity contribution in [2.45, 2.75) is 179 Å². The average molecular weight is 653 g/mol. The zero-order valence-corrected chi connectivity index (χ0v) is 30.8. The van der Waals surface area contributed by atoms with Crippen LogP contribution in [-0.2, 0) is 9.84 Å². The van der Waals surface area contributed by atoms with Crippen LogP contribution in [0.4, 0.5) is 0 Å². The van der Waals surface area contributed by atoms with Crippen LogP contribution < -0.4 is 0 Å². The van der Waals surface area contributed by atoms with Crippen molar-refractivity contribution in [3.05, 3.63) is 0 Å². The van der Waals surface area contributed by atoms with Gasteiger partial charge in [0.05, 0.1) is 5.25 Å². The second-order valence-electron chi connectivity index (χ2n) is 19.4. The van der Waals surface area contributed by atoms with E-state index in [4.69, 9.17) is 0 Å². The zero-order chi connectivity index (χ0) is 31.3. The van der Waals surface area contributed by atoms with Crippen LogP contribution in [0, 0.1) is 82.9 Å². The van der Waals surface area contributed by atoms with Gasteiger partial charge >= 0.3 is 0 Å². The van der Waals surface area contributed by atoms with Crippen LogP contribution in [0.1, 0.15) is 173 Å². The van der Waals surface area contributed by atoms with Gasteiger partial charge in [0, 0.05) is 6.26 Å². The number of fused-ring (bicyclic) bond motifs is 3. The summed E-state index contributed by atoms with van der Waals surface area (Å²) in [5, 5.41) is -0.0518. The molecule has 10 atom stereocenters. The fraction of sp³-hybridized carbons (Fsp3) is 1.00. The highest BCUT2D eigenvalue weighted by atomic mass is 32.2. The van der Waals surface area contributed by atoms with E-state index >= 15 is 0 Å². The highest BCUT2D eigenvalue weighted by Gasteiger charge is 2.58. The largest absolute Gasteiger partial charge is 0.229 e. The number of rotatable bonds is 5. The minimum absolute atomic E-state index is 0.0518. The fourth-order valence-corrected chi connectivity index (χ4v) is 16.9. The lowest BCUT2D eigenvalue weighted by molar-refractivity contribution is -0.139. The molecule has 8 fully saturated rings. The Bertz CT molecular complexity index is 1090. The molecule has 0 aromatic carbocycles. The van der Waals surface area contributed by atoms with Crippen LogP contribution in [0.25, 0.3) is 0 Å². The smallest absolute Gasteiger partial charge is 0.150 e. The van der Waals surface area contributed by atoms with Crippen molar-refractivity contribution in [3.8, 4) is 0 Å². The van der Waals surface area contributed by atoms with Gasteiger partial charge in [-0.05, 0) is 179 Å². The Morgan fingerprint density at radius 1 is 0.326 bits per heavy atom. The van der Waals surface area contributed by atoms with Gasteiger partial charge in [0.1, 0.15) is 9.84 Å². The highest BCUT2D eigenvalue weighted by Crippen LogP contribution is 2.65. The Morgan fingerprint density at radius 3 is 1.48 bits per heavy atom. The molecule has 0 spiro atoms. The monoisotopic (exact) mass is 653 g/mol. The second-order valence-corrected chi connectivity index (χ2v) is 21.7. The lowest BCUT2D eigenvalue weighted by Gasteiger charge is -2.63. The first-order valence-corrected chi connectivity index (χ1v) is 23.6. The van der Waals surface area contributed by atoms with Gasteiger partial charge in [-0.25, -0.2) is 8.42 Å². The molecule has 2 nitrogen and oxygen atoms in total. The number of sulfone groups is 1. The van der Waals surface area contributed by atoms with E-state index in [1.54, 1.807) is 77.0 Å². The molecule has 262 valence electrons. The van der Waals surface area contributed by atoms with Crippen molar-refractivity contribution >= 4 is 9.84 Å². The van der Waals surface area contributed by atoms with Crippen LogP contribution >= 0.6 is 0 Å². The van der Waals surface area contributed by atoms with Gasteiger partial charge in [0.2, 0.25) is 0 Å². The third-order valence-electron chi connectivity index (χ3n) is 17.6. The first kappa shape index (κ1) is 33.1. The molecule has 8 aliphatic carbocycles. The third kappa shape index (κ3) is 6.59. The van der Waals surface area contributed by atoms with Crippen LogP contribution in [0.15, 0.2) is 0 Å². The summed E-state index contributed by atoms with van der Waals surface area (Å²) in [5.41, 5.74) is 0. The molecule has 46 heavy (non-hydrogen) atoms. The van der Waals surface area contributed by atoms with E-state index in [-0.39, 0.29) is 5.25 Å². The first-order valence-electron chi connectivity index (χ1n) is 21.6. The van der Waals surface area contributed by atoms with E-state index in [2.05, 4.69) is 0 Å². The lowest BCUT2D eigenvalue weighted by Crippen LogP contribution is -2.56. The van der Waals surface area contributed by atoms with Crippen LogP contribution in [0.2, 0.25) is 0 Å². The Morgan fingerprint density at radius 2 is 0.761 bits per heavy atom. The molecule has 0 amide bonds. The molecule has 10 unspecified atom stereocenters. The summed E-state index contributed by atoms with van der Waals surface area (Å²) < 4.78 is 24.8. The molecular weight excluding hydrogens is 581 g/mol. The molecular formula is C43H72O2S. The normalized spacial score (nSPS) is 49.3. The highest BCUT2D eigenvalue weighted by molar-refractivity contribution is 7.91. The standard InChI is InChI=1S/C43H72O2S/c1-46(44,45)35-25-22-31(23-26-35)34-24-27-40-41(28-34)43(37-17-9-13-32-12-5-6-14-36(32)37)39-16-8-7-15-38(39)42(40)33-20-18-30(19-21-33)29-10-3-2-4-11-29/h29-43H,2-28H2,1H3. The average Bonchev–Trinajstić information content (AvgIpc) is 3.10. The molecule has 3 heteroatoms. The second kappa shape index (κ2) is 14.3. The van der Waals surface area contributed by atoms with Crippen LogP contribution in [0.5, 0.6) is 0 Å². The van der Waals surface area contributed by atoms with Crippen LogP contribution in [-0.4, -0.2) is 19.9 Å². The molecule has 0 aromatic heterocycles. The van der Waals surface area contributed by atoms with Gasteiger partial charge < -0.3 is 0 Å². The van der Waals surface area contributed by atoms with Gasteiger partial charge in [-0.1, -0.05) is 77.0 Å². The van der Waals surface area contributed by atoms with E-state index in [1.807, 2.05) is 0 Å². The molecule has 8 rings (SSSR count). The molecule has 0 radical (unpaired) electrons. The molecule has 0 heterocycles. The fourth-order valence-electron chi connectivity index (χ4n) is 15.8. The topological polar surface area (TPSA) is 34.1 Å². The summed E-state index contributed by atoms with van der Waals surface area (Å²) >= 11 is 0. The molecule has 0 aromatic rings. The Kier molecular flexibility index (Phi) is 10.3. The van der Waals surface area contributed by atoms with E-state index in [0.717, 1.165) is 95.7 Å². The van der Waals surface area contributed by atoms with Crippen molar-refractivity contribution in [1.29, 1.82) is 0 Å². The summed E-state index contributed by atoms with van der Waals surface area (Å²) in [6.07, 6.45) is 41.3. The van der Waals surface area contributed by atoms with Crippen molar-refractivity contribution in [3.63, 3.8) is 0 Å². The molecule has 0 N–H and O–H groups in total. The number of hydrogen-bond acceptors (Lipinski definition) is 2. The molecule has 0 aliphatic heterocycles. The minimum Gasteiger partial charge on any atom is -0.229 e. The van der Waals surface area contributed by atoms with E-state index < -0.39 is 9.84 Å². The van der Waals surface area contributed by atoms with E-state index in [0.29, 0.717) is 0 Å². The Labute approximate surface area is 285 Å². The van der Waals surface area contributed by atoms with E-state index in [9.17, 15) is 8.42 Å². The van der Waals surface area contributed by atoms with Crippen molar-refractivity contribution in [2.75, 3.05) is 6.26 Å². The Hall–Kier alpha value is -0.0500. The molecule has 8 saturated carbocycles. The first-order chi connectivity index (χ1) is 22.5. The van der Waals surface area contributed by atoms with Gasteiger partial charge in [0.15, 0.2) is 0 Å². The summed E-state index contributed by atoms with van der Waals surface area (Å²) in [5.74, 6) is 14.2. The summed E-state index contributed by atoms with van der Waals surface area (Å²) in [6.45, 7) is 0. The van der Waals surface area contributed by atoms with Gasteiger partial charge in [-0.3, -0.25) is 0 Å². The summed E-state index contributed by atoms with van der Waals surface area (Å²) in [7, 11) is -2.88. The zero-order valence-electron chi connectivity index (χ0n) is 30.0. The predicted molar refractivity (Wildman–Crippen MR) is 192 cm³/mol. The maximum Gasteiger partial charge on any atom is 0.150 e. The van der Waals surface area contributed by atoms with Gasteiger partial charge in [-0.2, -0.15) is 0 Å². The maximum absolute atomic E-state index is 12.4. The third-order valence-corrected chi connectivity index (χ3v) is 19.3. The van der Waals surface area contributed by atoms with Crippen molar-refractivity contribution in [1.82, 2.24) is 0 Å². The maximum atomic E-state index is 12.4. The number of hydrogen-bond donors (Lipinski definition) is 0. The van der Waals surface area contributed by atoms with E-state index in [1.165, 1.54) is 89.7 Å². The minimum atomic E-state index is -2.88. The van der Waals surface area contributed by atoms with Crippen LogP contribution in [0.3, 0.4) is 0 Å². The van der Waals surface area contributed by atoms with Crippen molar-refractivity contribution in [2.24, 2.45) is 82.9 Å². The molecule has 8 aliphatic rings. The predicted octanol–water partition coefficient (Wildman–Crippen LogP) is 11.7. The van der Waals surface area contributed by atoms with Gasteiger partial charge in [0.25, 0.3) is 0 Å². The summed E-state index contributed by atoms with van der Waals surface area (Å²) in [6, 6.07) is 0. The molecule has 0 bridgehead atoms. The quantitative estimate of drug-likeness (QED) is 0.296. The Balaban J connectivity index is 1.06.